The first-order valence-electron chi connectivity index (χ1n) is 9.58. The summed E-state index contributed by atoms with van der Waals surface area (Å²) in [5.74, 6) is -0.281. The van der Waals surface area contributed by atoms with Crippen molar-refractivity contribution >= 4 is 5.91 Å². The molecule has 0 saturated heterocycles. The molecule has 0 radical (unpaired) electrons. The van der Waals surface area contributed by atoms with Gasteiger partial charge < -0.3 is 10.1 Å². The van der Waals surface area contributed by atoms with Gasteiger partial charge in [-0.2, -0.15) is 5.10 Å². The lowest BCUT2D eigenvalue weighted by Gasteiger charge is -2.41. The first kappa shape index (κ1) is 20.2. The lowest BCUT2D eigenvalue weighted by atomic mass is 9.94. The first-order chi connectivity index (χ1) is 13.4. The number of nitrogens with zero attached hydrogens (tertiary/aromatic N) is 3. The average Bonchev–Trinajstić information content (AvgIpc) is 2.71. The highest BCUT2D eigenvalue weighted by Gasteiger charge is 2.30. The van der Waals surface area contributed by atoms with E-state index < -0.39 is 0 Å². The number of fused-ring (bicyclic) bond motifs is 1. The van der Waals surface area contributed by atoms with Gasteiger partial charge in [0.1, 0.15) is 5.69 Å². The maximum Gasteiger partial charge on any atom is 0.271 e. The SMILES string of the molecule is COCCn1nc(C(=O)NCC(C)(C)N2CCc3ccccc3C2)ccc1=O. The van der Waals surface area contributed by atoms with Gasteiger partial charge in [-0.1, -0.05) is 24.3 Å². The van der Waals surface area contributed by atoms with Crippen LogP contribution in [0.2, 0.25) is 0 Å². The van der Waals surface area contributed by atoms with E-state index in [4.69, 9.17) is 4.74 Å². The Morgan fingerprint density at radius 2 is 1.96 bits per heavy atom. The van der Waals surface area contributed by atoms with Crippen molar-refractivity contribution in [3.63, 3.8) is 0 Å². The van der Waals surface area contributed by atoms with Gasteiger partial charge in [0.15, 0.2) is 0 Å². The number of methoxy groups -OCH3 is 1. The van der Waals surface area contributed by atoms with Crippen molar-refractivity contribution in [2.45, 2.75) is 38.9 Å². The number of nitrogens with one attached hydrogen (secondary N) is 1. The molecule has 1 amide bonds. The second-order valence-electron chi connectivity index (χ2n) is 7.71. The quantitative estimate of drug-likeness (QED) is 0.782. The third-order valence-electron chi connectivity index (χ3n) is 5.27. The van der Waals surface area contributed by atoms with Crippen molar-refractivity contribution in [3.05, 3.63) is 63.6 Å². The van der Waals surface area contributed by atoms with Crippen LogP contribution in [-0.2, 0) is 24.2 Å². The molecule has 1 aliphatic rings. The van der Waals surface area contributed by atoms with E-state index in [-0.39, 0.29) is 22.7 Å². The van der Waals surface area contributed by atoms with E-state index in [1.54, 1.807) is 7.11 Å². The molecule has 0 spiro atoms. The topological polar surface area (TPSA) is 76.5 Å². The van der Waals surface area contributed by atoms with E-state index >= 15 is 0 Å². The Balaban J connectivity index is 1.63. The van der Waals surface area contributed by atoms with Gasteiger partial charge in [0.25, 0.3) is 11.5 Å². The van der Waals surface area contributed by atoms with Gasteiger partial charge in [-0.05, 0) is 37.5 Å². The molecule has 7 heteroatoms. The van der Waals surface area contributed by atoms with E-state index in [0.29, 0.717) is 19.7 Å². The van der Waals surface area contributed by atoms with E-state index in [2.05, 4.69) is 53.4 Å². The highest BCUT2D eigenvalue weighted by molar-refractivity contribution is 5.92. The van der Waals surface area contributed by atoms with Gasteiger partial charge in [0.05, 0.1) is 13.2 Å². The normalized spacial score (nSPS) is 14.5. The van der Waals surface area contributed by atoms with Crippen LogP contribution in [0.3, 0.4) is 0 Å². The maximum absolute atomic E-state index is 12.6. The largest absolute Gasteiger partial charge is 0.383 e. The van der Waals surface area contributed by atoms with Crippen LogP contribution in [0.5, 0.6) is 0 Å². The molecule has 0 unspecified atom stereocenters. The van der Waals surface area contributed by atoms with Gasteiger partial charge in [0.2, 0.25) is 0 Å². The van der Waals surface area contributed by atoms with Crippen LogP contribution in [0.1, 0.15) is 35.5 Å². The smallest absolute Gasteiger partial charge is 0.271 e. The zero-order chi connectivity index (χ0) is 20.1. The number of aromatic nitrogens is 2. The minimum atomic E-state index is -0.281. The second kappa shape index (κ2) is 8.67. The fourth-order valence-electron chi connectivity index (χ4n) is 3.42. The van der Waals surface area contributed by atoms with Crippen LogP contribution in [0.4, 0.5) is 0 Å². The number of rotatable bonds is 7. The molecule has 150 valence electrons. The number of carbonyl (C=O) groups is 1. The standard InChI is InChI=1S/C21H28N4O3/c1-21(2,24-11-10-16-6-4-5-7-17(16)14-24)15-22-20(27)18-8-9-19(26)25(23-18)12-13-28-3/h4-9H,10-15H2,1-3H3,(H,22,27). The molecule has 2 heterocycles. The van der Waals surface area contributed by atoms with Crippen LogP contribution < -0.4 is 10.9 Å². The molecule has 1 aromatic heterocycles. The maximum atomic E-state index is 12.6. The number of benzene rings is 1. The molecule has 0 saturated carbocycles. The third kappa shape index (κ3) is 4.66. The van der Waals surface area contributed by atoms with Gasteiger partial charge in [-0.3, -0.25) is 14.5 Å². The summed E-state index contributed by atoms with van der Waals surface area (Å²) >= 11 is 0. The van der Waals surface area contributed by atoms with Crippen LogP contribution >= 0.6 is 0 Å². The number of carbonyl (C=O) groups excluding carboxylic acids is 1. The Bertz CT molecular complexity index is 891. The zero-order valence-corrected chi connectivity index (χ0v) is 16.8. The van der Waals surface area contributed by atoms with Crippen LogP contribution in [0.15, 0.2) is 41.2 Å². The van der Waals surface area contributed by atoms with Gasteiger partial charge >= 0.3 is 0 Å². The molecule has 1 aromatic carbocycles. The monoisotopic (exact) mass is 384 g/mol. The summed E-state index contributed by atoms with van der Waals surface area (Å²) in [6.45, 7) is 7.27. The number of amides is 1. The van der Waals surface area contributed by atoms with Crippen molar-refractivity contribution in [2.75, 3.05) is 26.8 Å². The predicted octanol–water partition coefficient (Wildman–Crippen LogP) is 1.46. The summed E-state index contributed by atoms with van der Waals surface area (Å²) in [7, 11) is 1.56. The van der Waals surface area contributed by atoms with Crippen molar-refractivity contribution in [1.29, 1.82) is 0 Å². The lowest BCUT2D eigenvalue weighted by molar-refractivity contribution is 0.0820. The summed E-state index contributed by atoms with van der Waals surface area (Å²) in [5, 5.41) is 7.12. The molecule has 0 aliphatic carbocycles. The van der Waals surface area contributed by atoms with Crippen LogP contribution in [-0.4, -0.2) is 52.9 Å². The summed E-state index contributed by atoms with van der Waals surface area (Å²) < 4.78 is 6.23. The molecule has 3 rings (SSSR count). The highest BCUT2D eigenvalue weighted by atomic mass is 16.5. The average molecular weight is 384 g/mol. The van der Waals surface area contributed by atoms with Crippen molar-refractivity contribution in [3.8, 4) is 0 Å². The van der Waals surface area contributed by atoms with Crippen molar-refractivity contribution in [2.24, 2.45) is 0 Å². The highest BCUT2D eigenvalue weighted by Crippen LogP contribution is 2.24. The summed E-state index contributed by atoms with van der Waals surface area (Å²) in [6, 6.07) is 11.3. The molecule has 1 N–H and O–H groups in total. The minimum Gasteiger partial charge on any atom is -0.383 e. The summed E-state index contributed by atoms with van der Waals surface area (Å²) in [5.41, 5.74) is 2.53. The molecule has 0 atom stereocenters. The van der Waals surface area contributed by atoms with Gasteiger partial charge in [-0.25, -0.2) is 4.68 Å². The molecule has 7 nitrogen and oxygen atoms in total. The number of hydrogen-bond donors (Lipinski definition) is 1. The molecule has 2 aromatic rings. The Morgan fingerprint density at radius 3 is 2.71 bits per heavy atom. The summed E-state index contributed by atoms with van der Waals surface area (Å²) in [6.07, 6.45) is 1.01. The number of ether oxygens (including phenoxy) is 1. The van der Waals surface area contributed by atoms with Gasteiger partial charge in [-0.15, -0.1) is 0 Å². The predicted molar refractivity (Wildman–Crippen MR) is 107 cm³/mol. The van der Waals surface area contributed by atoms with E-state index in [1.165, 1.54) is 27.9 Å². The first-order valence-corrected chi connectivity index (χ1v) is 9.58. The fraction of sp³-hybridized carbons (Fsp3) is 0.476. The Labute approximate surface area is 165 Å². The summed E-state index contributed by atoms with van der Waals surface area (Å²) in [4.78, 5) is 26.8. The van der Waals surface area contributed by atoms with E-state index in [1.807, 2.05) is 0 Å². The second-order valence-corrected chi connectivity index (χ2v) is 7.71. The molecular weight excluding hydrogens is 356 g/mol. The Morgan fingerprint density at radius 1 is 1.21 bits per heavy atom. The molecule has 28 heavy (non-hydrogen) atoms. The van der Waals surface area contributed by atoms with Gasteiger partial charge in [0, 0.05) is 38.3 Å². The lowest BCUT2D eigenvalue weighted by Crippen LogP contribution is -2.53. The Hall–Kier alpha value is -2.51. The molecular formula is C21H28N4O3. The molecule has 1 aliphatic heterocycles. The Kier molecular flexibility index (Phi) is 6.26. The molecule has 0 bridgehead atoms. The van der Waals surface area contributed by atoms with E-state index in [0.717, 1.165) is 19.5 Å². The van der Waals surface area contributed by atoms with Crippen molar-refractivity contribution < 1.29 is 9.53 Å². The zero-order valence-electron chi connectivity index (χ0n) is 16.8. The minimum absolute atomic E-state index is 0.201. The van der Waals surface area contributed by atoms with Crippen LogP contribution in [0.25, 0.3) is 0 Å². The fourth-order valence-corrected chi connectivity index (χ4v) is 3.42. The number of hydrogen-bond acceptors (Lipinski definition) is 5. The molecule has 0 fully saturated rings. The third-order valence-corrected chi connectivity index (χ3v) is 5.27. The van der Waals surface area contributed by atoms with Crippen molar-refractivity contribution in [1.82, 2.24) is 20.0 Å². The van der Waals surface area contributed by atoms with E-state index in [9.17, 15) is 9.59 Å². The van der Waals surface area contributed by atoms with Crippen LogP contribution in [0, 0.1) is 0 Å².